The molecule has 0 N–H and O–H groups in total. The summed E-state index contributed by atoms with van der Waals surface area (Å²) in [5.41, 5.74) is -0.518. The molecule has 0 aliphatic carbocycles. The van der Waals surface area contributed by atoms with Gasteiger partial charge in [-0.2, -0.15) is 0 Å². The van der Waals surface area contributed by atoms with Crippen molar-refractivity contribution >= 4 is 29.2 Å². The van der Waals surface area contributed by atoms with Crippen LogP contribution in [0.5, 0.6) is 5.75 Å². The summed E-state index contributed by atoms with van der Waals surface area (Å²) in [5, 5.41) is 0.209. The van der Waals surface area contributed by atoms with Gasteiger partial charge in [-0.15, -0.1) is 0 Å². The molecule has 0 unspecified atom stereocenters. The van der Waals surface area contributed by atoms with Gasteiger partial charge in [0.2, 0.25) is 0 Å². The molecule has 0 saturated heterocycles. The number of esters is 1. The van der Waals surface area contributed by atoms with Gasteiger partial charge in [0.1, 0.15) is 16.7 Å². The van der Waals surface area contributed by atoms with Gasteiger partial charge < -0.3 is 4.74 Å². The maximum absolute atomic E-state index is 13.4. The lowest BCUT2D eigenvalue weighted by atomic mass is 10.2. The topological polar surface area (TPSA) is 26.3 Å². The van der Waals surface area contributed by atoms with Crippen LogP contribution in [0.15, 0.2) is 36.4 Å². The Balaban J connectivity index is 2.31. The van der Waals surface area contributed by atoms with Crippen molar-refractivity contribution in [3.05, 3.63) is 63.6 Å². The molecule has 2 aromatic carbocycles. The quantitative estimate of drug-likeness (QED) is 0.603. The normalized spacial score (nSPS) is 10.3. The molecule has 2 nitrogen and oxygen atoms in total. The van der Waals surface area contributed by atoms with Crippen molar-refractivity contribution in [3.8, 4) is 5.75 Å². The second-order valence-electron chi connectivity index (χ2n) is 3.57. The first-order valence-corrected chi connectivity index (χ1v) is 5.86. The Kier molecular flexibility index (Phi) is 4.02. The van der Waals surface area contributed by atoms with Gasteiger partial charge in [-0.25, -0.2) is 13.6 Å². The van der Waals surface area contributed by atoms with E-state index in [4.69, 9.17) is 27.9 Å². The van der Waals surface area contributed by atoms with Crippen LogP contribution in [0.3, 0.4) is 0 Å². The number of hydrogen-bond acceptors (Lipinski definition) is 2. The standard InChI is InChI=1S/C13H6Cl2F2O2/c14-9-2-1-3-11(12(9)15)19-13(18)8-6-7(16)4-5-10(8)17/h1-6H. The molecule has 0 saturated carbocycles. The fraction of sp³-hybridized carbons (Fsp3) is 0. The summed E-state index contributed by atoms with van der Waals surface area (Å²) in [6.07, 6.45) is 0. The molecule has 0 spiro atoms. The van der Waals surface area contributed by atoms with E-state index in [0.717, 1.165) is 18.2 Å². The molecule has 0 aromatic heterocycles. The van der Waals surface area contributed by atoms with Gasteiger partial charge >= 0.3 is 5.97 Å². The lowest BCUT2D eigenvalue weighted by Crippen LogP contribution is -2.11. The summed E-state index contributed by atoms with van der Waals surface area (Å²) < 4.78 is 31.2. The van der Waals surface area contributed by atoms with Crippen LogP contribution in [0.1, 0.15) is 10.4 Å². The van der Waals surface area contributed by atoms with Gasteiger partial charge in [0.05, 0.1) is 10.6 Å². The van der Waals surface area contributed by atoms with Crippen molar-refractivity contribution in [2.24, 2.45) is 0 Å². The molecule has 0 amide bonds. The summed E-state index contributed by atoms with van der Waals surface area (Å²) in [6, 6.07) is 6.90. The maximum atomic E-state index is 13.4. The predicted molar refractivity (Wildman–Crippen MR) is 67.8 cm³/mol. The van der Waals surface area contributed by atoms with E-state index in [9.17, 15) is 13.6 Å². The number of benzene rings is 2. The fourth-order valence-electron chi connectivity index (χ4n) is 1.37. The van der Waals surface area contributed by atoms with Crippen LogP contribution in [-0.4, -0.2) is 5.97 Å². The Bertz CT molecular complexity index is 645. The van der Waals surface area contributed by atoms with Crippen LogP contribution in [0.4, 0.5) is 8.78 Å². The van der Waals surface area contributed by atoms with Crippen molar-refractivity contribution in [2.75, 3.05) is 0 Å². The largest absolute Gasteiger partial charge is 0.421 e. The number of carbonyl (C=O) groups excluding carboxylic acids is 1. The molecule has 0 atom stereocenters. The predicted octanol–water partition coefficient (Wildman–Crippen LogP) is 4.49. The first-order valence-electron chi connectivity index (χ1n) is 5.10. The Morgan fingerprint density at radius 2 is 1.84 bits per heavy atom. The van der Waals surface area contributed by atoms with Gasteiger partial charge in [-0.1, -0.05) is 29.3 Å². The van der Waals surface area contributed by atoms with Crippen molar-refractivity contribution in [1.82, 2.24) is 0 Å². The average molecular weight is 303 g/mol. The summed E-state index contributed by atoms with van der Waals surface area (Å²) in [5.74, 6) is -2.71. The lowest BCUT2D eigenvalue weighted by Gasteiger charge is -2.07. The molecule has 98 valence electrons. The van der Waals surface area contributed by atoms with Crippen LogP contribution in [-0.2, 0) is 0 Å². The van der Waals surface area contributed by atoms with Crippen molar-refractivity contribution in [3.63, 3.8) is 0 Å². The molecule has 0 aliphatic rings. The van der Waals surface area contributed by atoms with Crippen LogP contribution in [0.2, 0.25) is 10.0 Å². The van der Waals surface area contributed by atoms with E-state index in [1.165, 1.54) is 18.2 Å². The molecular weight excluding hydrogens is 297 g/mol. The molecule has 0 fully saturated rings. The molecule has 2 rings (SSSR count). The molecule has 6 heteroatoms. The van der Waals surface area contributed by atoms with E-state index in [0.29, 0.717) is 0 Å². The van der Waals surface area contributed by atoms with Gasteiger partial charge in [0, 0.05) is 0 Å². The highest BCUT2D eigenvalue weighted by atomic mass is 35.5. The van der Waals surface area contributed by atoms with Crippen molar-refractivity contribution in [2.45, 2.75) is 0 Å². The zero-order chi connectivity index (χ0) is 14.0. The van der Waals surface area contributed by atoms with E-state index in [-0.39, 0.29) is 15.8 Å². The third-order valence-electron chi connectivity index (χ3n) is 2.27. The Hall–Kier alpha value is -1.65. The van der Waals surface area contributed by atoms with Crippen LogP contribution < -0.4 is 4.74 Å². The summed E-state index contributed by atoms with van der Waals surface area (Å²) >= 11 is 11.6. The van der Waals surface area contributed by atoms with E-state index >= 15 is 0 Å². The Labute approximate surface area is 117 Å². The fourth-order valence-corrected chi connectivity index (χ4v) is 1.70. The third kappa shape index (κ3) is 3.03. The number of hydrogen-bond donors (Lipinski definition) is 0. The maximum Gasteiger partial charge on any atom is 0.346 e. The minimum atomic E-state index is -1.05. The minimum Gasteiger partial charge on any atom is -0.421 e. The summed E-state index contributed by atoms with van der Waals surface area (Å²) in [6.45, 7) is 0. The number of halogens is 4. The number of rotatable bonds is 2. The van der Waals surface area contributed by atoms with Crippen LogP contribution in [0.25, 0.3) is 0 Å². The van der Waals surface area contributed by atoms with Crippen LogP contribution in [0, 0.1) is 11.6 Å². The first kappa shape index (κ1) is 13.8. The highest BCUT2D eigenvalue weighted by Crippen LogP contribution is 2.32. The van der Waals surface area contributed by atoms with Gasteiger partial charge in [-0.05, 0) is 30.3 Å². The highest BCUT2D eigenvalue weighted by Gasteiger charge is 2.17. The van der Waals surface area contributed by atoms with E-state index < -0.39 is 23.2 Å². The monoisotopic (exact) mass is 302 g/mol. The van der Waals surface area contributed by atoms with E-state index in [1.807, 2.05) is 0 Å². The second-order valence-corrected chi connectivity index (χ2v) is 4.35. The zero-order valence-corrected chi connectivity index (χ0v) is 10.8. The van der Waals surface area contributed by atoms with Crippen LogP contribution >= 0.6 is 23.2 Å². The zero-order valence-electron chi connectivity index (χ0n) is 9.29. The molecular formula is C13H6Cl2F2O2. The SMILES string of the molecule is O=C(Oc1cccc(Cl)c1Cl)c1cc(F)ccc1F. The van der Waals surface area contributed by atoms with Gasteiger partial charge in [-0.3, -0.25) is 0 Å². The van der Waals surface area contributed by atoms with Gasteiger partial charge in [0.15, 0.2) is 5.75 Å². The van der Waals surface area contributed by atoms with Crippen molar-refractivity contribution in [1.29, 1.82) is 0 Å². The van der Waals surface area contributed by atoms with Gasteiger partial charge in [0.25, 0.3) is 0 Å². The minimum absolute atomic E-state index is 0.0225. The third-order valence-corrected chi connectivity index (χ3v) is 3.07. The van der Waals surface area contributed by atoms with E-state index in [1.54, 1.807) is 0 Å². The summed E-state index contributed by atoms with van der Waals surface area (Å²) in [7, 11) is 0. The Morgan fingerprint density at radius 3 is 2.58 bits per heavy atom. The summed E-state index contributed by atoms with van der Waals surface area (Å²) in [4.78, 5) is 11.7. The van der Waals surface area contributed by atoms with Crippen molar-refractivity contribution < 1.29 is 18.3 Å². The molecule has 0 heterocycles. The molecule has 2 aromatic rings. The first-order chi connectivity index (χ1) is 8.99. The molecule has 0 bridgehead atoms. The molecule has 0 aliphatic heterocycles. The number of carbonyl (C=O) groups is 1. The van der Waals surface area contributed by atoms with E-state index in [2.05, 4.69) is 0 Å². The highest BCUT2D eigenvalue weighted by molar-refractivity contribution is 6.43. The Morgan fingerprint density at radius 1 is 1.11 bits per heavy atom. The molecule has 0 radical (unpaired) electrons. The average Bonchev–Trinajstić information content (AvgIpc) is 2.38. The smallest absolute Gasteiger partial charge is 0.346 e. The molecule has 19 heavy (non-hydrogen) atoms. The second kappa shape index (κ2) is 5.55. The number of ether oxygens (including phenoxy) is 1. The lowest BCUT2D eigenvalue weighted by molar-refractivity contribution is 0.0729.